The van der Waals surface area contributed by atoms with E-state index in [9.17, 15) is 18.0 Å². The molecule has 0 spiro atoms. The van der Waals surface area contributed by atoms with Crippen LogP contribution in [0.4, 0.5) is 46.8 Å². The third kappa shape index (κ3) is 12.6. The number of ether oxygens (including phenoxy) is 1. The summed E-state index contributed by atoms with van der Waals surface area (Å²) in [6.45, 7) is 23.1. The number of nitrogen functional groups attached to an aromatic ring is 2. The highest BCUT2D eigenvalue weighted by molar-refractivity contribution is 6.34. The van der Waals surface area contributed by atoms with E-state index in [1.807, 2.05) is 75.4 Å². The fraction of sp³-hybridized carbons (Fsp3) is 0.104. The number of fused-ring (bicyclic) bond motifs is 3. The maximum atomic E-state index is 13.7. The molecule has 1 aliphatic rings. The van der Waals surface area contributed by atoms with E-state index in [1.165, 1.54) is 49.1 Å². The molecule has 7 heterocycles. The van der Waals surface area contributed by atoms with Gasteiger partial charge in [0.15, 0.2) is 0 Å². The van der Waals surface area contributed by atoms with Crippen LogP contribution >= 0.6 is 11.6 Å². The summed E-state index contributed by atoms with van der Waals surface area (Å²) >= 11 is 6.52. The minimum atomic E-state index is -0.379. The van der Waals surface area contributed by atoms with E-state index >= 15 is 0 Å². The minimum absolute atomic E-state index is 0.240. The Morgan fingerprint density at radius 2 is 0.864 bits per heavy atom. The Labute approximate surface area is 507 Å². The van der Waals surface area contributed by atoms with Crippen molar-refractivity contribution in [2.45, 2.75) is 20.8 Å². The molecule has 0 saturated carbocycles. The average Bonchev–Trinajstić information content (AvgIpc) is 0.960. The van der Waals surface area contributed by atoms with E-state index in [0.29, 0.717) is 87.9 Å². The van der Waals surface area contributed by atoms with E-state index in [2.05, 4.69) is 54.9 Å². The lowest BCUT2D eigenvalue weighted by Crippen LogP contribution is -2.43. The fourth-order valence-electron chi connectivity index (χ4n) is 10.1. The number of amides is 2. The molecule has 0 unspecified atom stereocenters. The van der Waals surface area contributed by atoms with Crippen LogP contribution in [0.5, 0.6) is 0 Å². The first-order valence-corrected chi connectivity index (χ1v) is 27.6. The molecule has 0 atom stereocenters. The van der Waals surface area contributed by atoms with Crippen LogP contribution in [0.1, 0.15) is 17.1 Å². The van der Waals surface area contributed by atoms with Crippen LogP contribution in [0.3, 0.4) is 0 Å². The summed E-state index contributed by atoms with van der Waals surface area (Å²) in [6, 6.07) is 39.6. The van der Waals surface area contributed by atoms with Crippen molar-refractivity contribution < 1.29 is 22.7 Å². The monoisotopic (exact) mass is 1190 g/mol. The predicted molar refractivity (Wildman–Crippen MR) is 336 cm³/mol. The third-order valence-corrected chi connectivity index (χ3v) is 14.8. The number of anilines is 3. The maximum Gasteiger partial charge on any atom is 0.323 e. The first-order valence-electron chi connectivity index (χ1n) is 27.3. The molecule has 13 rings (SSSR count). The number of hydrogen-bond donors (Lipinski definition) is 3. The molecule has 5 N–H and O–H groups in total. The lowest BCUT2D eigenvalue weighted by Gasteiger charge is -2.27. The van der Waals surface area contributed by atoms with Gasteiger partial charge in [-0.1, -0.05) is 29.8 Å². The van der Waals surface area contributed by atoms with E-state index in [0.717, 1.165) is 77.6 Å². The molecule has 0 bridgehead atoms. The van der Waals surface area contributed by atoms with E-state index in [1.54, 1.807) is 65.8 Å². The number of hydrogen-bond acceptors (Lipinski definition) is 13. The molecule has 0 aliphatic carbocycles. The Balaban J connectivity index is 0.000000138. The molecule has 6 aromatic heterocycles. The fourth-order valence-corrected chi connectivity index (χ4v) is 10.4. The normalized spacial score (nSPS) is 11.9. The molecule has 88 heavy (non-hydrogen) atoms. The van der Waals surface area contributed by atoms with Gasteiger partial charge >= 0.3 is 6.03 Å². The predicted octanol–water partition coefficient (Wildman–Crippen LogP) is 15.2. The van der Waals surface area contributed by atoms with Crippen LogP contribution in [-0.2, 0) is 4.74 Å². The largest absolute Gasteiger partial charge is 0.385 e. The number of aromatic nitrogens is 9. The van der Waals surface area contributed by atoms with Crippen LogP contribution < -0.4 is 16.8 Å². The van der Waals surface area contributed by atoms with E-state index in [4.69, 9.17) is 45.9 Å². The van der Waals surface area contributed by atoms with Crippen molar-refractivity contribution in [3.63, 3.8) is 0 Å². The van der Waals surface area contributed by atoms with Gasteiger partial charge in [-0.05, 0) is 176 Å². The summed E-state index contributed by atoms with van der Waals surface area (Å²) in [6.07, 6.45) is 4.58. The van der Waals surface area contributed by atoms with Crippen molar-refractivity contribution in [1.82, 2.24) is 49.8 Å². The quantitative estimate of drug-likeness (QED) is 0.127. The Morgan fingerprint density at radius 1 is 0.500 bits per heavy atom. The van der Waals surface area contributed by atoms with E-state index in [-0.39, 0.29) is 35.1 Å². The SMILES string of the molecule is Cc1ncnc2ccc(-c3c(Cl)cc(N)nc3-c3ccc(F)cc3)cc12.[C-]#[N+]c1cc(N)nc(-c2ccc(F)cc2)c1-c1ccc2ncnc(C)c2c1.[C-]#[N+]c1cc(NC(=O)N2CCOCC2)nc(-c2ccc(F)cc2)c1-c1ccc2ncnc(C)c2c1. The zero-order valence-electron chi connectivity index (χ0n) is 47.3. The molecule has 1 aliphatic heterocycles. The highest BCUT2D eigenvalue weighted by Crippen LogP contribution is 2.44. The van der Waals surface area contributed by atoms with Gasteiger partial charge < -0.3 is 21.1 Å². The molecular formula is C67H49ClF3N15O2. The molecule has 2 amide bonds. The van der Waals surface area contributed by atoms with Crippen molar-refractivity contribution in [2.75, 3.05) is 43.1 Å². The topological polar surface area (TPSA) is 218 Å². The smallest absolute Gasteiger partial charge is 0.323 e. The van der Waals surface area contributed by atoms with Crippen LogP contribution in [0, 0.1) is 51.4 Å². The number of carbonyl (C=O) groups is 1. The summed E-state index contributed by atoms with van der Waals surface area (Å²) in [4.78, 5) is 61.0. The summed E-state index contributed by atoms with van der Waals surface area (Å²) in [7, 11) is 0. The summed E-state index contributed by atoms with van der Waals surface area (Å²) in [5.41, 5.74) is 25.5. The number of nitrogens with two attached hydrogens (primary N) is 2. The molecule has 1 fully saturated rings. The van der Waals surface area contributed by atoms with Crippen molar-refractivity contribution in [3.8, 4) is 67.2 Å². The summed E-state index contributed by atoms with van der Waals surface area (Å²) in [5.74, 6) is -0.244. The van der Waals surface area contributed by atoms with Crippen molar-refractivity contribution in [3.05, 3.63) is 227 Å². The third-order valence-electron chi connectivity index (χ3n) is 14.5. The highest BCUT2D eigenvalue weighted by Gasteiger charge is 2.23. The van der Waals surface area contributed by atoms with Crippen LogP contribution in [0.25, 0.3) is 110 Å². The number of carbonyl (C=O) groups excluding carboxylic acids is 1. The number of pyridine rings is 3. The van der Waals surface area contributed by atoms with Gasteiger partial charge in [0.05, 0.1) is 65.0 Å². The summed E-state index contributed by atoms with van der Waals surface area (Å²) < 4.78 is 45.7. The van der Waals surface area contributed by atoms with Gasteiger partial charge in [-0.15, -0.1) is 0 Å². The van der Waals surface area contributed by atoms with Crippen molar-refractivity contribution >= 4 is 79.2 Å². The molecular weight excluding hydrogens is 1140 g/mol. The Hall–Kier alpha value is -11.3. The number of nitrogens with one attached hydrogen (secondary N) is 1. The van der Waals surface area contributed by atoms with Gasteiger partial charge in [0.25, 0.3) is 0 Å². The first kappa shape index (κ1) is 58.5. The van der Waals surface area contributed by atoms with E-state index < -0.39 is 0 Å². The molecule has 0 radical (unpaired) electrons. The van der Waals surface area contributed by atoms with Crippen molar-refractivity contribution in [1.29, 1.82) is 0 Å². The number of benzene rings is 6. The second-order valence-electron chi connectivity index (χ2n) is 20.1. The number of aryl methyl sites for hydroxylation is 3. The maximum absolute atomic E-state index is 13.7. The second-order valence-corrected chi connectivity index (χ2v) is 20.5. The molecule has 6 aromatic carbocycles. The average molecular weight is 1190 g/mol. The molecule has 432 valence electrons. The lowest BCUT2D eigenvalue weighted by molar-refractivity contribution is 0.0564. The Bertz CT molecular complexity index is 4750. The molecule has 17 nitrogen and oxygen atoms in total. The van der Waals surface area contributed by atoms with Gasteiger partial charge in [-0.25, -0.2) is 72.5 Å². The zero-order chi connectivity index (χ0) is 61.6. The molecule has 12 aromatic rings. The standard InChI is InChI=1S/C26H21FN6O2.C21H14FN5.C20H14ClFN4/c1-16-20-13-18(5-8-21(20)30-15-29-16)24-22(28-2)14-23(32-26(34)33-9-11-35-12-10-33)31-25(24)17-3-6-19(27)7-4-17;1-12-16-9-14(5-8-17(16)26-11-25-12)20-18(24-2)10-19(23)27-21(20)13-3-6-15(22)7-4-13;1-11-15-8-13(4-7-17(15)25-10-24-11)19-16(21)9-18(23)26-20(19)12-2-5-14(22)6-3-12/h3-8,13-15H,9-12H2,1H3,(H,31,32,34);3-11H,1H3,(H2,23,27);2-10H,1H3,(H2,23,26). The first-order chi connectivity index (χ1) is 42.6. The number of morpholine rings is 1. The van der Waals surface area contributed by atoms with Crippen LogP contribution in [-0.4, -0.2) is 82.1 Å². The molecule has 1 saturated heterocycles. The minimum Gasteiger partial charge on any atom is -0.385 e. The number of rotatable bonds is 7. The van der Waals surface area contributed by atoms with Gasteiger partial charge in [-0.3, -0.25) is 5.32 Å². The summed E-state index contributed by atoms with van der Waals surface area (Å²) in [5, 5.41) is 5.97. The van der Waals surface area contributed by atoms with Gasteiger partial charge in [0, 0.05) is 68.6 Å². The van der Waals surface area contributed by atoms with Gasteiger partial charge in [0.2, 0.25) is 11.4 Å². The highest BCUT2D eigenvalue weighted by atomic mass is 35.5. The van der Waals surface area contributed by atoms with Crippen LogP contribution in [0.2, 0.25) is 5.02 Å². The lowest BCUT2D eigenvalue weighted by atomic mass is 9.96. The van der Waals surface area contributed by atoms with Gasteiger partial charge in [-0.2, -0.15) is 0 Å². The number of nitrogens with zero attached hydrogens (tertiary/aromatic N) is 12. The number of halogens is 4. The zero-order valence-corrected chi connectivity index (χ0v) is 48.0. The van der Waals surface area contributed by atoms with Crippen molar-refractivity contribution in [2.24, 2.45) is 0 Å². The van der Waals surface area contributed by atoms with Gasteiger partial charge in [0.1, 0.15) is 53.9 Å². The van der Waals surface area contributed by atoms with Crippen LogP contribution in [0.15, 0.2) is 165 Å². The number of urea groups is 1. The Kier molecular flexibility index (Phi) is 16.9. The Morgan fingerprint density at radius 3 is 1.28 bits per heavy atom. The molecule has 21 heteroatoms. The second kappa shape index (κ2) is 25.5.